The lowest BCUT2D eigenvalue weighted by Gasteiger charge is -2.24. The Morgan fingerprint density at radius 1 is 0.962 bits per heavy atom. The van der Waals surface area contributed by atoms with Crippen molar-refractivity contribution in [3.05, 3.63) is 93.4 Å². The lowest BCUT2D eigenvalue weighted by molar-refractivity contribution is 0.474. The smallest absolute Gasteiger partial charge is 0.124 e. The zero-order valence-corrected chi connectivity index (χ0v) is 16.2. The van der Waals surface area contributed by atoms with Crippen molar-refractivity contribution in [1.82, 2.24) is 0 Å². The molecular weight excluding hydrogens is 412 g/mol. The van der Waals surface area contributed by atoms with Crippen molar-refractivity contribution in [2.24, 2.45) is 5.10 Å². The van der Waals surface area contributed by atoms with Crippen molar-refractivity contribution in [3.8, 4) is 5.75 Å². The van der Waals surface area contributed by atoms with Crippen molar-refractivity contribution in [2.45, 2.75) is 12.5 Å². The van der Waals surface area contributed by atoms with Gasteiger partial charge in [-0.15, -0.1) is 0 Å². The highest BCUT2D eigenvalue weighted by Gasteiger charge is 2.30. The summed E-state index contributed by atoms with van der Waals surface area (Å²) in [6.07, 6.45) is 0.710. The van der Waals surface area contributed by atoms with Crippen LogP contribution in [0.25, 0.3) is 0 Å². The van der Waals surface area contributed by atoms with Crippen molar-refractivity contribution in [1.29, 1.82) is 0 Å². The van der Waals surface area contributed by atoms with E-state index in [0.29, 0.717) is 11.4 Å². The van der Waals surface area contributed by atoms with Crippen molar-refractivity contribution in [2.75, 3.05) is 5.01 Å². The van der Waals surface area contributed by atoms with Gasteiger partial charge in [-0.1, -0.05) is 51.8 Å². The van der Waals surface area contributed by atoms with Crippen LogP contribution in [0.15, 0.2) is 82.4 Å². The number of hydrazone groups is 1. The Morgan fingerprint density at radius 3 is 2.35 bits per heavy atom. The number of hydrogen-bond acceptors (Lipinski definition) is 3. The van der Waals surface area contributed by atoms with Crippen molar-refractivity contribution >= 4 is 38.9 Å². The average molecular weight is 428 g/mol. The van der Waals surface area contributed by atoms with E-state index in [1.54, 1.807) is 6.07 Å². The Labute approximate surface area is 165 Å². The van der Waals surface area contributed by atoms with Gasteiger partial charge >= 0.3 is 0 Å². The molecule has 0 amide bonds. The first-order valence-corrected chi connectivity index (χ1v) is 9.45. The Balaban J connectivity index is 1.77. The number of para-hydroxylation sites is 1. The molecule has 1 unspecified atom stereocenters. The van der Waals surface area contributed by atoms with E-state index in [0.717, 1.165) is 27.0 Å². The number of anilines is 1. The lowest BCUT2D eigenvalue weighted by atomic mass is 9.98. The van der Waals surface area contributed by atoms with Crippen LogP contribution in [0.4, 0.5) is 5.69 Å². The topological polar surface area (TPSA) is 35.8 Å². The molecule has 1 aliphatic heterocycles. The quantitative estimate of drug-likeness (QED) is 0.543. The summed E-state index contributed by atoms with van der Waals surface area (Å²) in [6.45, 7) is 0. The van der Waals surface area contributed by atoms with E-state index in [4.69, 9.17) is 16.7 Å². The number of halogens is 2. The first kappa shape index (κ1) is 17.1. The van der Waals surface area contributed by atoms with E-state index >= 15 is 0 Å². The fraction of sp³-hybridized carbons (Fsp3) is 0.0952. The summed E-state index contributed by atoms with van der Waals surface area (Å²) >= 11 is 9.53. The van der Waals surface area contributed by atoms with E-state index in [1.807, 2.05) is 59.6 Å². The Hall–Kier alpha value is -2.30. The summed E-state index contributed by atoms with van der Waals surface area (Å²) < 4.78 is 1.04. The first-order chi connectivity index (χ1) is 12.6. The van der Waals surface area contributed by atoms with E-state index in [2.05, 4.69) is 28.1 Å². The Morgan fingerprint density at radius 2 is 1.65 bits per heavy atom. The number of hydrogen-bond donors (Lipinski definition) is 1. The molecule has 4 rings (SSSR count). The van der Waals surface area contributed by atoms with E-state index < -0.39 is 0 Å². The normalized spacial score (nSPS) is 16.6. The zero-order chi connectivity index (χ0) is 18.1. The van der Waals surface area contributed by atoms with Gasteiger partial charge in [0.1, 0.15) is 5.75 Å². The van der Waals surface area contributed by atoms with Crippen LogP contribution in [-0.4, -0.2) is 10.8 Å². The minimum atomic E-state index is 0.0545. The number of nitrogens with zero attached hydrogens (tertiary/aromatic N) is 2. The molecule has 26 heavy (non-hydrogen) atoms. The van der Waals surface area contributed by atoms with E-state index in [-0.39, 0.29) is 11.8 Å². The molecule has 0 aromatic heterocycles. The fourth-order valence-electron chi connectivity index (χ4n) is 3.17. The Kier molecular flexibility index (Phi) is 4.70. The molecule has 1 aliphatic rings. The predicted octanol–water partition coefficient (Wildman–Crippen LogP) is 6.16. The molecule has 3 aromatic rings. The van der Waals surface area contributed by atoms with Gasteiger partial charge in [-0.2, -0.15) is 5.10 Å². The predicted molar refractivity (Wildman–Crippen MR) is 110 cm³/mol. The zero-order valence-electron chi connectivity index (χ0n) is 13.8. The standard InChI is InChI=1S/C21H16BrClN2O/c22-15-7-5-14(6-8-15)20-13-19(18-3-1-2-4-21(18)26)24-25(20)17-11-9-16(23)10-12-17/h1-12,20,26H,13H2. The van der Waals surface area contributed by atoms with Crippen LogP contribution < -0.4 is 5.01 Å². The second-order valence-electron chi connectivity index (χ2n) is 6.16. The van der Waals surface area contributed by atoms with E-state index in [1.165, 1.54) is 0 Å². The van der Waals surface area contributed by atoms with Crippen LogP contribution in [0.5, 0.6) is 5.75 Å². The maximum atomic E-state index is 10.2. The highest BCUT2D eigenvalue weighted by atomic mass is 79.9. The number of benzene rings is 3. The number of phenols is 1. The van der Waals surface area contributed by atoms with Gasteiger partial charge in [-0.25, -0.2) is 0 Å². The van der Waals surface area contributed by atoms with Gasteiger partial charge < -0.3 is 5.11 Å². The molecule has 3 aromatic carbocycles. The molecule has 0 aliphatic carbocycles. The van der Waals surface area contributed by atoms with Gasteiger partial charge in [0.2, 0.25) is 0 Å². The monoisotopic (exact) mass is 426 g/mol. The third kappa shape index (κ3) is 3.35. The van der Waals surface area contributed by atoms with Crippen molar-refractivity contribution in [3.63, 3.8) is 0 Å². The molecular formula is C21H16BrClN2O. The summed E-state index contributed by atoms with van der Waals surface area (Å²) in [5.74, 6) is 0.249. The maximum absolute atomic E-state index is 10.2. The minimum Gasteiger partial charge on any atom is -0.507 e. The van der Waals surface area contributed by atoms with Crippen LogP contribution in [0.3, 0.4) is 0 Å². The van der Waals surface area contributed by atoms with Crippen LogP contribution >= 0.6 is 27.5 Å². The molecule has 1 heterocycles. The minimum absolute atomic E-state index is 0.0545. The third-order valence-electron chi connectivity index (χ3n) is 4.47. The van der Waals surface area contributed by atoms with Crippen LogP contribution in [0, 0.1) is 0 Å². The summed E-state index contributed by atoms with van der Waals surface area (Å²) in [6, 6.07) is 23.3. The molecule has 1 atom stereocenters. The highest BCUT2D eigenvalue weighted by molar-refractivity contribution is 9.10. The third-order valence-corrected chi connectivity index (χ3v) is 5.25. The van der Waals surface area contributed by atoms with Gasteiger partial charge in [0.25, 0.3) is 0 Å². The molecule has 0 radical (unpaired) electrons. The molecule has 3 nitrogen and oxygen atoms in total. The Bertz CT molecular complexity index is 955. The van der Waals surface area contributed by atoms with Gasteiger partial charge in [-0.3, -0.25) is 5.01 Å². The molecule has 0 saturated carbocycles. The molecule has 1 N–H and O–H groups in total. The summed E-state index contributed by atoms with van der Waals surface area (Å²) in [5, 5.41) is 17.8. The highest BCUT2D eigenvalue weighted by Crippen LogP contribution is 2.38. The second kappa shape index (κ2) is 7.14. The summed E-state index contributed by atoms with van der Waals surface area (Å²) in [7, 11) is 0. The van der Waals surface area contributed by atoms with Crippen molar-refractivity contribution < 1.29 is 5.11 Å². The average Bonchev–Trinajstić information content (AvgIpc) is 3.08. The van der Waals surface area contributed by atoms with E-state index in [9.17, 15) is 5.11 Å². The number of phenolic OH excluding ortho intramolecular Hbond substituents is 1. The summed E-state index contributed by atoms with van der Waals surface area (Å²) in [4.78, 5) is 0. The largest absolute Gasteiger partial charge is 0.507 e. The molecule has 5 heteroatoms. The summed E-state index contributed by atoms with van der Waals surface area (Å²) in [5.41, 5.74) is 3.77. The maximum Gasteiger partial charge on any atom is 0.124 e. The SMILES string of the molecule is Oc1ccccc1C1=NN(c2ccc(Cl)cc2)C(c2ccc(Br)cc2)C1. The molecule has 130 valence electrons. The van der Waals surface area contributed by atoms with Gasteiger partial charge in [0.15, 0.2) is 0 Å². The first-order valence-electron chi connectivity index (χ1n) is 8.28. The van der Waals surface area contributed by atoms with Crippen LogP contribution in [0.1, 0.15) is 23.6 Å². The number of rotatable bonds is 3. The molecule has 0 fully saturated rings. The second-order valence-corrected chi connectivity index (χ2v) is 7.51. The van der Waals surface area contributed by atoms with Gasteiger partial charge in [0.05, 0.1) is 17.4 Å². The lowest BCUT2D eigenvalue weighted by Crippen LogP contribution is -2.18. The molecule has 0 saturated heterocycles. The molecule has 0 spiro atoms. The van der Waals surface area contributed by atoms with Gasteiger partial charge in [-0.05, 0) is 54.1 Å². The molecule has 0 bridgehead atoms. The van der Waals surface area contributed by atoms with Crippen LogP contribution in [-0.2, 0) is 0 Å². The van der Waals surface area contributed by atoms with Gasteiger partial charge in [0, 0.05) is 21.5 Å². The number of aromatic hydroxyl groups is 1. The van der Waals surface area contributed by atoms with Crippen LogP contribution in [0.2, 0.25) is 5.02 Å². The fourth-order valence-corrected chi connectivity index (χ4v) is 3.56.